The van der Waals surface area contributed by atoms with Gasteiger partial charge < -0.3 is 5.32 Å². The zero-order chi connectivity index (χ0) is 10.3. The summed E-state index contributed by atoms with van der Waals surface area (Å²) in [5, 5.41) is 4.25. The standard InChI is InChI=1S/C11H25NS/c1-9(2)8-12-6-7-13-11(5)10(3)4/h9-12H,6-8H2,1-5H3. The number of thioether (sulfide) groups is 1. The van der Waals surface area contributed by atoms with E-state index in [2.05, 4.69) is 51.7 Å². The van der Waals surface area contributed by atoms with Gasteiger partial charge in [-0.3, -0.25) is 0 Å². The molecule has 2 heteroatoms. The topological polar surface area (TPSA) is 12.0 Å². The molecule has 1 N–H and O–H groups in total. The first-order chi connectivity index (χ1) is 6.04. The maximum atomic E-state index is 3.46. The predicted molar refractivity (Wildman–Crippen MR) is 64.5 cm³/mol. The molecule has 0 fully saturated rings. The van der Waals surface area contributed by atoms with Crippen LogP contribution >= 0.6 is 11.8 Å². The van der Waals surface area contributed by atoms with Crippen LogP contribution in [0.1, 0.15) is 34.6 Å². The van der Waals surface area contributed by atoms with E-state index in [-0.39, 0.29) is 0 Å². The van der Waals surface area contributed by atoms with E-state index in [1.54, 1.807) is 0 Å². The van der Waals surface area contributed by atoms with Crippen LogP contribution in [0.2, 0.25) is 0 Å². The molecule has 80 valence electrons. The van der Waals surface area contributed by atoms with Crippen LogP contribution in [0.25, 0.3) is 0 Å². The molecule has 0 aromatic carbocycles. The summed E-state index contributed by atoms with van der Waals surface area (Å²) in [5.74, 6) is 2.81. The molecule has 1 nitrogen and oxygen atoms in total. The monoisotopic (exact) mass is 203 g/mol. The van der Waals surface area contributed by atoms with Crippen molar-refractivity contribution in [3.63, 3.8) is 0 Å². The Bertz CT molecular complexity index is 113. The molecule has 0 amide bonds. The molecule has 13 heavy (non-hydrogen) atoms. The van der Waals surface area contributed by atoms with Gasteiger partial charge in [0, 0.05) is 17.5 Å². The van der Waals surface area contributed by atoms with Crippen LogP contribution < -0.4 is 5.32 Å². The number of nitrogens with one attached hydrogen (secondary N) is 1. The molecule has 0 aromatic rings. The van der Waals surface area contributed by atoms with E-state index >= 15 is 0 Å². The molecule has 0 aliphatic rings. The molecule has 0 aliphatic carbocycles. The summed E-state index contributed by atoms with van der Waals surface area (Å²) in [4.78, 5) is 0. The van der Waals surface area contributed by atoms with Crippen molar-refractivity contribution in [3.05, 3.63) is 0 Å². The molecular formula is C11H25NS. The average molecular weight is 203 g/mol. The van der Waals surface area contributed by atoms with Crippen molar-refractivity contribution >= 4 is 11.8 Å². The van der Waals surface area contributed by atoms with Gasteiger partial charge in [-0.15, -0.1) is 0 Å². The second-order valence-electron chi connectivity index (χ2n) is 4.42. The van der Waals surface area contributed by atoms with E-state index in [0.29, 0.717) is 0 Å². The first-order valence-electron chi connectivity index (χ1n) is 5.36. The second-order valence-corrected chi connectivity index (χ2v) is 5.90. The second kappa shape index (κ2) is 7.69. The van der Waals surface area contributed by atoms with E-state index in [4.69, 9.17) is 0 Å². The molecule has 0 bridgehead atoms. The van der Waals surface area contributed by atoms with Crippen LogP contribution in [0, 0.1) is 11.8 Å². The lowest BCUT2D eigenvalue weighted by molar-refractivity contribution is 0.567. The Morgan fingerprint density at radius 2 is 1.69 bits per heavy atom. The minimum Gasteiger partial charge on any atom is -0.316 e. The van der Waals surface area contributed by atoms with Crippen LogP contribution in [-0.4, -0.2) is 24.1 Å². The molecule has 1 atom stereocenters. The number of rotatable bonds is 7. The Kier molecular flexibility index (Phi) is 7.87. The minimum atomic E-state index is 0.771. The Balaban J connectivity index is 3.16. The highest BCUT2D eigenvalue weighted by molar-refractivity contribution is 7.99. The SMILES string of the molecule is CC(C)CNCCSC(C)C(C)C. The zero-order valence-electron chi connectivity index (χ0n) is 9.76. The van der Waals surface area contributed by atoms with Gasteiger partial charge in [0.05, 0.1) is 0 Å². The third kappa shape index (κ3) is 8.63. The zero-order valence-corrected chi connectivity index (χ0v) is 10.6. The Morgan fingerprint density at radius 1 is 1.08 bits per heavy atom. The molecule has 0 aliphatic heterocycles. The smallest absolute Gasteiger partial charge is 0.00608 e. The highest BCUT2D eigenvalue weighted by Crippen LogP contribution is 2.17. The summed E-state index contributed by atoms with van der Waals surface area (Å²) in [6, 6.07) is 0. The molecule has 0 aromatic heterocycles. The fourth-order valence-corrected chi connectivity index (χ4v) is 1.92. The highest BCUT2D eigenvalue weighted by Gasteiger charge is 2.06. The first-order valence-corrected chi connectivity index (χ1v) is 6.41. The summed E-state index contributed by atoms with van der Waals surface area (Å²) < 4.78 is 0. The minimum absolute atomic E-state index is 0.771. The molecule has 0 saturated heterocycles. The van der Waals surface area contributed by atoms with Crippen LogP contribution in [-0.2, 0) is 0 Å². The van der Waals surface area contributed by atoms with Gasteiger partial charge in [0.25, 0.3) is 0 Å². The van der Waals surface area contributed by atoms with Crippen LogP contribution in [0.5, 0.6) is 0 Å². The largest absolute Gasteiger partial charge is 0.316 e. The van der Waals surface area contributed by atoms with Crippen molar-refractivity contribution < 1.29 is 0 Å². The van der Waals surface area contributed by atoms with Crippen molar-refractivity contribution in [2.24, 2.45) is 11.8 Å². The molecule has 1 unspecified atom stereocenters. The lowest BCUT2D eigenvalue weighted by Crippen LogP contribution is -2.23. The summed E-state index contributed by atoms with van der Waals surface area (Å²) in [7, 11) is 0. The Morgan fingerprint density at radius 3 is 2.15 bits per heavy atom. The van der Waals surface area contributed by atoms with Gasteiger partial charge >= 0.3 is 0 Å². The molecular weight excluding hydrogens is 178 g/mol. The molecule has 0 saturated carbocycles. The lowest BCUT2D eigenvalue weighted by Gasteiger charge is -2.15. The normalized spacial score (nSPS) is 14.1. The van der Waals surface area contributed by atoms with Gasteiger partial charge in [-0.25, -0.2) is 0 Å². The maximum absolute atomic E-state index is 3.46. The van der Waals surface area contributed by atoms with Gasteiger partial charge in [-0.05, 0) is 18.4 Å². The summed E-state index contributed by atoms with van der Waals surface area (Å²) in [6.45, 7) is 13.7. The van der Waals surface area contributed by atoms with Gasteiger partial charge in [-0.1, -0.05) is 34.6 Å². The molecule has 0 heterocycles. The fourth-order valence-electron chi connectivity index (χ4n) is 0.900. The Labute approximate surface area is 88.1 Å². The number of hydrogen-bond acceptors (Lipinski definition) is 2. The van der Waals surface area contributed by atoms with E-state index in [1.807, 2.05) is 0 Å². The predicted octanol–water partition coefficient (Wildman–Crippen LogP) is 3.01. The third-order valence-electron chi connectivity index (χ3n) is 2.15. The Hall–Kier alpha value is 0.310. The highest BCUT2D eigenvalue weighted by atomic mass is 32.2. The van der Waals surface area contributed by atoms with Crippen molar-refractivity contribution in [2.75, 3.05) is 18.8 Å². The van der Waals surface area contributed by atoms with Crippen molar-refractivity contribution in [2.45, 2.75) is 39.9 Å². The molecule has 0 spiro atoms. The van der Waals surface area contributed by atoms with Gasteiger partial charge in [0.15, 0.2) is 0 Å². The lowest BCUT2D eigenvalue weighted by atomic mass is 10.2. The first kappa shape index (κ1) is 13.3. The summed E-state index contributed by atoms with van der Waals surface area (Å²) in [5.41, 5.74) is 0. The van der Waals surface area contributed by atoms with Crippen LogP contribution in [0.3, 0.4) is 0 Å². The van der Waals surface area contributed by atoms with E-state index in [1.165, 1.54) is 5.75 Å². The van der Waals surface area contributed by atoms with Crippen LogP contribution in [0.4, 0.5) is 0 Å². The third-order valence-corrected chi connectivity index (χ3v) is 3.66. The number of hydrogen-bond donors (Lipinski definition) is 1. The van der Waals surface area contributed by atoms with Gasteiger partial charge in [0.2, 0.25) is 0 Å². The fraction of sp³-hybridized carbons (Fsp3) is 1.00. The van der Waals surface area contributed by atoms with Gasteiger partial charge in [-0.2, -0.15) is 11.8 Å². The maximum Gasteiger partial charge on any atom is 0.00608 e. The van der Waals surface area contributed by atoms with Crippen LogP contribution in [0.15, 0.2) is 0 Å². The van der Waals surface area contributed by atoms with E-state index in [0.717, 1.165) is 30.2 Å². The summed E-state index contributed by atoms with van der Waals surface area (Å²) in [6.07, 6.45) is 0. The van der Waals surface area contributed by atoms with Crippen molar-refractivity contribution in [1.82, 2.24) is 5.32 Å². The summed E-state index contributed by atoms with van der Waals surface area (Å²) >= 11 is 2.07. The molecule has 0 radical (unpaired) electrons. The van der Waals surface area contributed by atoms with Crippen molar-refractivity contribution in [1.29, 1.82) is 0 Å². The van der Waals surface area contributed by atoms with E-state index < -0.39 is 0 Å². The average Bonchev–Trinajstić information content (AvgIpc) is 2.02. The quantitative estimate of drug-likeness (QED) is 0.638. The molecule has 0 rings (SSSR count). The van der Waals surface area contributed by atoms with E-state index in [9.17, 15) is 0 Å². The van der Waals surface area contributed by atoms with Crippen molar-refractivity contribution in [3.8, 4) is 0 Å². The van der Waals surface area contributed by atoms with Gasteiger partial charge in [0.1, 0.15) is 0 Å².